The third-order valence-corrected chi connectivity index (χ3v) is 6.96. The number of aryl methyl sites for hydroxylation is 1. The molecule has 4 aromatic rings. The second kappa shape index (κ2) is 9.04. The monoisotopic (exact) mass is 460 g/mol. The summed E-state index contributed by atoms with van der Waals surface area (Å²) in [5.74, 6) is 0.713. The van der Waals surface area contributed by atoms with Gasteiger partial charge >= 0.3 is 0 Å². The summed E-state index contributed by atoms with van der Waals surface area (Å²) in [5.41, 5.74) is 2.62. The Hall–Kier alpha value is -2.26. The van der Waals surface area contributed by atoms with E-state index < -0.39 is 0 Å². The molecular weight excluding hydrogens is 444 g/mol. The summed E-state index contributed by atoms with van der Waals surface area (Å²) in [7, 11) is 1.63. The van der Waals surface area contributed by atoms with Crippen molar-refractivity contribution in [2.45, 2.75) is 11.8 Å². The molecule has 29 heavy (non-hydrogen) atoms. The Morgan fingerprint density at radius 2 is 1.90 bits per heavy atom. The maximum absolute atomic E-state index is 6.11. The van der Waals surface area contributed by atoms with Gasteiger partial charge in [-0.1, -0.05) is 41.1 Å². The van der Waals surface area contributed by atoms with E-state index in [2.05, 4.69) is 27.2 Å². The molecule has 0 saturated carbocycles. The number of nitrogens with one attached hydrogen (secondary N) is 2. The van der Waals surface area contributed by atoms with Crippen LogP contribution in [0.5, 0.6) is 5.75 Å². The van der Waals surface area contributed by atoms with E-state index in [1.807, 2.05) is 42.6 Å². The number of benzene rings is 2. The van der Waals surface area contributed by atoms with E-state index in [0.717, 1.165) is 37.1 Å². The van der Waals surface area contributed by atoms with Gasteiger partial charge in [0.05, 0.1) is 29.1 Å². The molecule has 0 bridgehead atoms. The van der Waals surface area contributed by atoms with Gasteiger partial charge in [0.2, 0.25) is 0 Å². The number of aromatic nitrogens is 2. The molecule has 4 rings (SSSR count). The fourth-order valence-electron chi connectivity index (χ4n) is 2.60. The molecule has 2 aromatic heterocycles. The lowest BCUT2D eigenvalue weighted by Gasteiger charge is -2.09. The highest BCUT2D eigenvalue weighted by molar-refractivity contribution is 8.00. The van der Waals surface area contributed by atoms with Crippen LogP contribution in [0.2, 0.25) is 5.02 Å². The van der Waals surface area contributed by atoms with Crippen molar-refractivity contribution in [1.29, 1.82) is 0 Å². The molecule has 0 saturated heterocycles. The number of thiazole rings is 2. The van der Waals surface area contributed by atoms with E-state index in [0.29, 0.717) is 10.8 Å². The van der Waals surface area contributed by atoms with Crippen LogP contribution in [0.1, 0.15) is 5.69 Å². The largest absolute Gasteiger partial charge is 0.495 e. The van der Waals surface area contributed by atoms with Gasteiger partial charge in [-0.3, -0.25) is 0 Å². The van der Waals surface area contributed by atoms with Crippen LogP contribution in [0.15, 0.2) is 58.8 Å². The smallest absolute Gasteiger partial charge is 0.193 e. The first kappa shape index (κ1) is 20.0. The van der Waals surface area contributed by atoms with Crippen LogP contribution in [0, 0.1) is 6.92 Å². The quantitative estimate of drug-likeness (QED) is 0.287. The van der Waals surface area contributed by atoms with Crippen molar-refractivity contribution in [3.63, 3.8) is 0 Å². The van der Waals surface area contributed by atoms with Gasteiger partial charge in [-0.15, -0.1) is 11.3 Å². The summed E-state index contributed by atoms with van der Waals surface area (Å²) in [6.07, 6.45) is 0. The molecule has 0 amide bonds. The van der Waals surface area contributed by atoms with Gasteiger partial charge in [0.1, 0.15) is 5.75 Å². The minimum atomic E-state index is 0.634. The van der Waals surface area contributed by atoms with Crippen molar-refractivity contribution in [3.8, 4) is 16.3 Å². The van der Waals surface area contributed by atoms with Gasteiger partial charge < -0.3 is 14.8 Å². The van der Waals surface area contributed by atoms with E-state index in [1.165, 1.54) is 11.3 Å². The van der Waals surface area contributed by atoms with Crippen LogP contribution in [-0.2, 0) is 0 Å². The molecule has 0 unspecified atom stereocenters. The summed E-state index contributed by atoms with van der Waals surface area (Å²) >= 11 is 10.8. The Morgan fingerprint density at radius 1 is 1.07 bits per heavy atom. The van der Waals surface area contributed by atoms with Gasteiger partial charge in [0.15, 0.2) is 10.3 Å². The SMILES string of the molecule is COc1ccc(Cl)cc1Nc1nc(-c2sc(NSc3ccccc3)nc2C)cs1. The summed E-state index contributed by atoms with van der Waals surface area (Å²) in [4.78, 5) is 11.5. The van der Waals surface area contributed by atoms with Crippen LogP contribution in [0.3, 0.4) is 0 Å². The van der Waals surface area contributed by atoms with E-state index in [9.17, 15) is 0 Å². The van der Waals surface area contributed by atoms with Crippen LogP contribution >= 0.6 is 46.2 Å². The van der Waals surface area contributed by atoms with Crippen molar-refractivity contribution in [2.24, 2.45) is 0 Å². The number of rotatable bonds is 7. The van der Waals surface area contributed by atoms with Crippen molar-refractivity contribution in [3.05, 3.63) is 64.6 Å². The van der Waals surface area contributed by atoms with Gasteiger partial charge in [-0.25, -0.2) is 9.97 Å². The zero-order valence-corrected chi connectivity index (χ0v) is 18.8. The van der Waals surface area contributed by atoms with E-state index in [1.54, 1.807) is 36.5 Å². The van der Waals surface area contributed by atoms with Crippen LogP contribution in [0.25, 0.3) is 10.6 Å². The predicted molar refractivity (Wildman–Crippen MR) is 125 cm³/mol. The Balaban J connectivity index is 1.49. The number of hydrogen-bond donors (Lipinski definition) is 2. The molecule has 0 atom stereocenters. The molecule has 5 nitrogen and oxygen atoms in total. The van der Waals surface area contributed by atoms with E-state index >= 15 is 0 Å². The van der Waals surface area contributed by atoms with Gasteiger partial charge in [-0.05, 0) is 49.2 Å². The highest BCUT2D eigenvalue weighted by Crippen LogP contribution is 2.37. The molecule has 0 aliphatic heterocycles. The normalized spacial score (nSPS) is 10.7. The van der Waals surface area contributed by atoms with E-state index in [-0.39, 0.29) is 0 Å². The lowest BCUT2D eigenvalue weighted by Crippen LogP contribution is -1.94. The summed E-state index contributed by atoms with van der Waals surface area (Å²) in [6.45, 7) is 2.00. The molecule has 0 aliphatic rings. The first-order chi connectivity index (χ1) is 14.1. The van der Waals surface area contributed by atoms with Crippen molar-refractivity contribution in [1.82, 2.24) is 9.97 Å². The molecule has 0 fully saturated rings. The zero-order valence-electron chi connectivity index (χ0n) is 15.6. The minimum absolute atomic E-state index is 0.634. The van der Waals surface area contributed by atoms with Gasteiger partial charge in [0.25, 0.3) is 0 Å². The second-order valence-corrected chi connectivity index (χ2v) is 9.13. The lowest BCUT2D eigenvalue weighted by atomic mass is 10.3. The van der Waals surface area contributed by atoms with Crippen LogP contribution < -0.4 is 14.8 Å². The maximum Gasteiger partial charge on any atom is 0.193 e. The first-order valence-corrected chi connectivity index (χ1v) is 11.5. The number of halogens is 1. The van der Waals surface area contributed by atoms with Crippen molar-refractivity contribution in [2.75, 3.05) is 17.1 Å². The molecule has 2 heterocycles. The molecule has 0 aliphatic carbocycles. The zero-order chi connectivity index (χ0) is 20.2. The van der Waals surface area contributed by atoms with Gasteiger partial charge in [-0.2, -0.15) is 0 Å². The molecule has 9 heteroatoms. The summed E-state index contributed by atoms with van der Waals surface area (Å²) in [6, 6.07) is 15.6. The molecule has 148 valence electrons. The number of methoxy groups -OCH3 is 1. The van der Waals surface area contributed by atoms with Crippen molar-refractivity contribution >= 4 is 62.2 Å². The fourth-order valence-corrected chi connectivity index (χ4v) is 5.17. The molecule has 2 aromatic carbocycles. The predicted octanol–water partition coefficient (Wildman–Crippen LogP) is 7.10. The lowest BCUT2D eigenvalue weighted by molar-refractivity contribution is 0.417. The molecule has 2 N–H and O–H groups in total. The van der Waals surface area contributed by atoms with Crippen molar-refractivity contribution < 1.29 is 4.74 Å². The Bertz CT molecular complexity index is 1110. The average Bonchev–Trinajstić information content (AvgIpc) is 3.33. The Labute approximate surface area is 186 Å². The fraction of sp³-hybridized carbons (Fsp3) is 0.100. The highest BCUT2D eigenvalue weighted by atomic mass is 35.5. The second-order valence-electron chi connectivity index (χ2n) is 5.96. The third kappa shape index (κ3) is 4.84. The highest BCUT2D eigenvalue weighted by Gasteiger charge is 2.14. The topological polar surface area (TPSA) is 59.1 Å². The Kier molecular flexibility index (Phi) is 6.25. The maximum atomic E-state index is 6.11. The first-order valence-electron chi connectivity index (χ1n) is 8.64. The molecular formula is C20H17ClN4OS3. The number of ether oxygens (including phenoxy) is 1. The third-order valence-electron chi connectivity index (χ3n) is 3.94. The minimum Gasteiger partial charge on any atom is -0.495 e. The number of nitrogens with zero attached hydrogens (tertiary/aromatic N) is 2. The molecule has 0 radical (unpaired) electrons. The number of hydrogen-bond acceptors (Lipinski definition) is 8. The summed E-state index contributed by atoms with van der Waals surface area (Å²) in [5, 5.41) is 7.56. The summed E-state index contributed by atoms with van der Waals surface area (Å²) < 4.78 is 8.70. The van der Waals surface area contributed by atoms with Gasteiger partial charge in [0, 0.05) is 15.3 Å². The Morgan fingerprint density at radius 3 is 2.69 bits per heavy atom. The average molecular weight is 461 g/mol. The number of anilines is 3. The van der Waals surface area contributed by atoms with Crippen LogP contribution in [0.4, 0.5) is 16.0 Å². The molecule has 0 spiro atoms. The standard InChI is InChI=1S/C20H17ClN4OS3/c1-12-18(28-20(22-12)25-29-14-6-4-3-5-7-14)16-11-27-19(24-16)23-15-10-13(21)8-9-17(15)26-2/h3-11H,1-2H3,(H,22,25)(H,23,24). The van der Waals surface area contributed by atoms with E-state index in [4.69, 9.17) is 21.3 Å². The van der Waals surface area contributed by atoms with Crippen LogP contribution in [-0.4, -0.2) is 17.1 Å².